The molecular formula is C7H9N5O2. The molecule has 2 aromatic heterocycles. The first-order chi connectivity index (χ1) is 6.81. The second-order valence-electron chi connectivity index (χ2n) is 2.65. The molecule has 4 N–H and O–H groups in total. The van der Waals surface area contributed by atoms with Gasteiger partial charge < -0.3 is 20.3 Å². The fourth-order valence-corrected chi connectivity index (χ4v) is 0.955. The Kier molecular flexibility index (Phi) is 2.25. The molecule has 0 amide bonds. The Labute approximate surface area is 79.0 Å². The smallest absolute Gasteiger partial charge is 0.257 e. The molecule has 2 aromatic rings. The number of nitrogens with two attached hydrogens (primary N) is 1. The van der Waals surface area contributed by atoms with Crippen molar-refractivity contribution in [1.29, 1.82) is 0 Å². The van der Waals surface area contributed by atoms with Gasteiger partial charge in [0.15, 0.2) is 5.82 Å². The van der Waals surface area contributed by atoms with Crippen LogP contribution in [0.2, 0.25) is 0 Å². The zero-order valence-electron chi connectivity index (χ0n) is 7.21. The predicted octanol–water partition coefficient (Wildman–Crippen LogP) is -0.548. The zero-order chi connectivity index (χ0) is 9.97. The van der Waals surface area contributed by atoms with E-state index >= 15 is 0 Å². The molecule has 0 saturated heterocycles. The van der Waals surface area contributed by atoms with E-state index in [2.05, 4.69) is 20.1 Å². The lowest BCUT2D eigenvalue weighted by Crippen LogP contribution is -2.11. The highest BCUT2D eigenvalue weighted by molar-refractivity contribution is 5.40. The summed E-state index contributed by atoms with van der Waals surface area (Å²) in [6.45, 7) is 0.0415. The number of aliphatic hydroxyl groups is 1. The Morgan fingerprint density at radius 1 is 1.64 bits per heavy atom. The van der Waals surface area contributed by atoms with Crippen LogP contribution in [0.3, 0.4) is 0 Å². The highest BCUT2D eigenvalue weighted by atomic mass is 16.5. The van der Waals surface area contributed by atoms with Crippen molar-refractivity contribution in [3.63, 3.8) is 0 Å². The van der Waals surface area contributed by atoms with Crippen molar-refractivity contribution >= 4 is 0 Å². The molecule has 0 spiro atoms. The summed E-state index contributed by atoms with van der Waals surface area (Å²) in [4.78, 5) is 10.7. The molecule has 7 nitrogen and oxygen atoms in total. The highest BCUT2D eigenvalue weighted by Crippen LogP contribution is 2.13. The van der Waals surface area contributed by atoms with E-state index in [0.717, 1.165) is 0 Å². The van der Waals surface area contributed by atoms with E-state index in [4.69, 9.17) is 10.3 Å². The van der Waals surface area contributed by atoms with Gasteiger partial charge in [-0.15, -0.1) is 0 Å². The quantitative estimate of drug-likeness (QED) is 0.605. The van der Waals surface area contributed by atoms with Crippen LogP contribution < -0.4 is 5.73 Å². The second-order valence-corrected chi connectivity index (χ2v) is 2.65. The maximum absolute atomic E-state index is 9.29. The normalized spacial score (nSPS) is 13.0. The summed E-state index contributed by atoms with van der Waals surface area (Å²) in [6, 6.07) is 0. The average molecular weight is 195 g/mol. The van der Waals surface area contributed by atoms with Gasteiger partial charge in [-0.25, -0.2) is 4.98 Å². The number of imidazole rings is 1. The lowest BCUT2D eigenvalue weighted by Gasteiger charge is -1.97. The molecule has 1 unspecified atom stereocenters. The van der Waals surface area contributed by atoms with Crippen LogP contribution in [-0.4, -0.2) is 31.8 Å². The number of H-pyrrole nitrogens is 1. The largest absolute Gasteiger partial charge is 0.382 e. The van der Waals surface area contributed by atoms with Crippen molar-refractivity contribution in [2.45, 2.75) is 6.10 Å². The number of aromatic nitrogens is 4. The lowest BCUT2D eigenvalue weighted by atomic mass is 10.4. The van der Waals surface area contributed by atoms with Crippen LogP contribution >= 0.6 is 0 Å². The summed E-state index contributed by atoms with van der Waals surface area (Å²) < 4.78 is 4.79. The molecule has 1 atom stereocenters. The third-order valence-electron chi connectivity index (χ3n) is 1.66. The molecule has 14 heavy (non-hydrogen) atoms. The average Bonchev–Trinajstić information content (AvgIpc) is 2.86. The molecule has 0 aliphatic carbocycles. The second kappa shape index (κ2) is 3.56. The summed E-state index contributed by atoms with van der Waals surface area (Å²) in [5.41, 5.74) is 5.23. The number of aliphatic hydroxyl groups excluding tert-OH is 1. The number of hydrogen-bond donors (Lipinski definition) is 3. The summed E-state index contributed by atoms with van der Waals surface area (Å²) >= 11 is 0. The fourth-order valence-electron chi connectivity index (χ4n) is 0.955. The predicted molar refractivity (Wildman–Crippen MR) is 45.9 cm³/mol. The number of hydrogen-bond acceptors (Lipinski definition) is 6. The molecule has 0 radical (unpaired) electrons. The molecule has 74 valence electrons. The molecule has 0 fully saturated rings. The van der Waals surface area contributed by atoms with E-state index in [1.807, 2.05) is 0 Å². The molecule has 0 saturated carbocycles. The van der Waals surface area contributed by atoms with E-state index in [1.165, 1.54) is 0 Å². The number of nitrogens with one attached hydrogen (secondary N) is 1. The number of nitrogens with zero attached hydrogens (tertiary/aromatic N) is 3. The highest BCUT2D eigenvalue weighted by Gasteiger charge is 2.15. The monoisotopic (exact) mass is 195 g/mol. The zero-order valence-corrected chi connectivity index (χ0v) is 7.21. The van der Waals surface area contributed by atoms with Gasteiger partial charge >= 0.3 is 0 Å². The molecule has 2 heterocycles. The number of aromatic amines is 1. The molecule has 2 rings (SSSR count). The van der Waals surface area contributed by atoms with Crippen LogP contribution in [0.4, 0.5) is 0 Å². The summed E-state index contributed by atoms with van der Waals surface area (Å²) in [5, 5.41) is 12.9. The van der Waals surface area contributed by atoms with Gasteiger partial charge in [0.1, 0.15) is 6.10 Å². The molecule has 0 aliphatic rings. The van der Waals surface area contributed by atoms with Gasteiger partial charge in [-0.3, -0.25) is 0 Å². The Morgan fingerprint density at radius 2 is 2.50 bits per heavy atom. The third kappa shape index (κ3) is 1.50. The van der Waals surface area contributed by atoms with Gasteiger partial charge in [0.05, 0.1) is 0 Å². The lowest BCUT2D eigenvalue weighted by molar-refractivity contribution is 0.141. The van der Waals surface area contributed by atoms with Gasteiger partial charge in [0.2, 0.25) is 5.82 Å². The first-order valence-corrected chi connectivity index (χ1v) is 4.02. The van der Waals surface area contributed by atoms with E-state index in [0.29, 0.717) is 11.6 Å². The van der Waals surface area contributed by atoms with Crippen molar-refractivity contribution in [3.05, 3.63) is 18.3 Å². The minimum atomic E-state index is -0.925. The summed E-state index contributed by atoms with van der Waals surface area (Å²) in [7, 11) is 0. The Bertz CT molecular complexity index is 396. The van der Waals surface area contributed by atoms with Gasteiger partial charge in [-0.1, -0.05) is 5.16 Å². The van der Waals surface area contributed by atoms with Crippen LogP contribution in [0.5, 0.6) is 0 Å². The van der Waals surface area contributed by atoms with Crippen LogP contribution in [0, 0.1) is 0 Å². The minimum Gasteiger partial charge on any atom is -0.382 e. The summed E-state index contributed by atoms with van der Waals surface area (Å²) in [6.07, 6.45) is 2.29. The van der Waals surface area contributed by atoms with Crippen LogP contribution in [0.15, 0.2) is 16.9 Å². The summed E-state index contributed by atoms with van der Waals surface area (Å²) in [5.74, 6) is 0.889. The standard InChI is InChI=1S/C7H9N5O2/c8-3-4(13)7-11-6(12-14-7)5-9-1-2-10-5/h1-2,4,13H,3,8H2,(H,9,10). The SMILES string of the molecule is NCC(O)c1nc(-c2ncc[nH]2)no1. The Hall–Kier alpha value is -1.73. The Balaban J connectivity index is 2.26. The van der Waals surface area contributed by atoms with Crippen molar-refractivity contribution in [2.75, 3.05) is 6.54 Å². The van der Waals surface area contributed by atoms with E-state index in [-0.39, 0.29) is 12.4 Å². The maximum atomic E-state index is 9.29. The van der Waals surface area contributed by atoms with Crippen molar-refractivity contribution < 1.29 is 9.63 Å². The van der Waals surface area contributed by atoms with Gasteiger partial charge in [-0.2, -0.15) is 4.98 Å². The minimum absolute atomic E-state index is 0.0415. The van der Waals surface area contributed by atoms with E-state index in [1.54, 1.807) is 12.4 Å². The van der Waals surface area contributed by atoms with E-state index in [9.17, 15) is 5.11 Å². The molecule has 0 bridgehead atoms. The van der Waals surface area contributed by atoms with Crippen molar-refractivity contribution in [2.24, 2.45) is 5.73 Å². The van der Waals surface area contributed by atoms with Crippen LogP contribution in [-0.2, 0) is 0 Å². The molecule has 0 aliphatic heterocycles. The first kappa shape index (κ1) is 8.85. The van der Waals surface area contributed by atoms with Crippen LogP contribution in [0.1, 0.15) is 12.0 Å². The molecule has 7 heteroatoms. The van der Waals surface area contributed by atoms with Crippen LogP contribution in [0.25, 0.3) is 11.6 Å². The first-order valence-electron chi connectivity index (χ1n) is 4.02. The third-order valence-corrected chi connectivity index (χ3v) is 1.66. The Morgan fingerprint density at radius 3 is 3.14 bits per heavy atom. The van der Waals surface area contributed by atoms with Gasteiger partial charge in [0, 0.05) is 18.9 Å². The van der Waals surface area contributed by atoms with Gasteiger partial charge in [0.25, 0.3) is 5.89 Å². The molecule has 0 aromatic carbocycles. The topological polar surface area (TPSA) is 114 Å². The fraction of sp³-hybridized carbons (Fsp3) is 0.286. The number of rotatable bonds is 3. The van der Waals surface area contributed by atoms with E-state index < -0.39 is 6.10 Å². The van der Waals surface area contributed by atoms with Gasteiger partial charge in [-0.05, 0) is 0 Å². The van der Waals surface area contributed by atoms with Crippen molar-refractivity contribution in [3.8, 4) is 11.6 Å². The maximum Gasteiger partial charge on any atom is 0.257 e. The molecular weight excluding hydrogens is 186 g/mol. The van der Waals surface area contributed by atoms with Crippen molar-refractivity contribution in [1.82, 2.24) is 20.1 Å².